The van der Waals surface area contributed by atoms with Crippen molar-refractivity contribution in [3.63, 3.8) is 0 Å². The Morgan fingerprint density at radius 3 is 2.94 bits per heavy atom. The average molecular weight is 283 g/mol. The molecule has 1 N–H and O–H groups in total. The zero-order valence-electron chi connectivity index (χ0n) is 9.96. The molecule has 0 aromatic carbocycles. The van der Waals surface area contributed by atoms with E-state index < -0.39 is 0 Å². The second-order valence-corrected chi connectivity index (χ2v) is 4.78. The molecule has 1 heterocycles. The van der Waals surface area contributed by atoms with Gasteiger partial charge in [0.2, 0.25) is 0 Å². The maximum atomic E-state index is 4.30. The van der Waals surface area contributed by atoms with Crippen LogP contribution in [0.5, 0.6) is 0 Å². The molecule has 0 saturated heterocycles. The summed E-state index contributed by atoms with van der Waals surface area (Å²) >= 11 is 3.40. The fourth-order valence-corrected chi connectivity index (χ4v) is 1.87. The third-order valence-electron chi connectivity index (χ3n) is 2.36. The number of halogens is 1. The van der Waals surface area contributed by atoms with Crippen LogP contribution in [-0.4, -0.2) is 4.98 Å². The minimum atomic E-state index is 0.926. The lowest BCUT2D eigenvalue weighted by atomic mass is 10.2. The first kappa shape index (κ1) is 13.2. The van der Waals surface area contributed by atoms with Crippen LogP contribution < -0.4 is 5.32 Å². The maximum absolute atomic E-state index is 4.30. The summed E-state index contributed by atoms with van der Waals surface area (Å²) in [5, 5.41) is 3.20. The quantitative estimate of drug-likeness (QED) is 0.768. The molecule has 2 nitrogen and oxygen atoms in total. The van der Waals surface area contributed by atoms with E-state index in [4.69, 9.17) is 0 Å². The molecule has 88 valence electrons. The van der Waals surface area contributed by atoms with E-state index in [0.717, 1.165) is 22.3 Å². The van der Waals surface area contributed by atoms with Gasteiger partial charge in [-0.25, -0.2) is 4.98 Å². The lowest BCUT2D eigenvalue weighted by Gasteiger charge is -2.04. The number of unbranched alkanes of at least 4 members (excludes halogenated alkanes) is 3. The van der Waals surface area contributed by atoms with Gasteiger partial charge in [0.25, 0.3) is 0 Å². The monoisotopic (exact) mass is 282 g/mol. The highest BCUT2D eigenvalue weighted by Crippen LogP contribution is 2.16. The van der Waals surface area contributed by atoms with Crippen LogP contribution in [0.25, 0.3) is 0 Å². The summed E-state index contributed by atoms with van der Waals surface area (Å²) < 4.78 is 1.02. The number of anilines is 1. The van der Waals surface area contributed by atoms with E-state index >= 15 is 0 Å². The molecule has 1 aromatic rings. The van der Waals surface area contributed by atoms with Crippen molar-refractivity contribution in [2.24, 2.45) is 0 Å². The van der Waals surface area contributed by atoms with Gasteiger partial charge in [0.05, 0.1) is 0 Å². The minimum Gasteiger partial charge on any atom is -0.347 e. The van der Waals surface area contributed by atoms with Gasteiger partial charge in [0.1, 0.15) is 5.82 Å². The summed E-state index contributed by atoms with van der Waals surface area (Å²) in [6.45, 7) is 4.27. The first-order valence-corrected chi connectivity index (χ1v) is 6.57. The molecule has 0 atom stereocenters. The highest BCUT2D eigenvalue weighted by atomic mass is 79.9. The Hall–Kier alpha value is -0.830. The van der Waals surface area contributed by atoms with Crippen LogP contribution in [0, 0.1) is 6.92 Å². The number of pyridine rings is 1. The van der Waals surface area contributed by atoms with Gasteiger partial charge in [0, 0.05) is 10.7 Å². The van der Waals surface area contributed by atoms with E-state index in [1.165, 1.54) is 19.3 Å². The Kier molecular flexibility index (Phi) is 6.16. The topological polar surface area (TPSA) is 24.9 Å². The van der Waals surface area contributed by atoms with Crippen LogP contribution in [0.1, 0.15) is 38.2 Å². The zero-order valence-corrected chi connectivity index (χ0v) is 11.5. The Labute approximate surface area is 106 Å². The smallest absolute Gasteiger partial charge is 0.132 e. The summed E-state index contributed by atoms with van der Waals surface area (Å²) in [7, 11) is 0. The molecule has 0 aliphatic rings. The Morgan fingerprint density at radius 2 is 2.25 bits per heavy atom. The number of rotatable bonds is 6. The van der Waals surface area contributed by atoms with Crippen molar-refractivity contribution in [3.05, 3.63) is 34.6 Å². The lowest BCUT2D eigenvalue weighted by molar-refractivity contribution is 0.729. The van der Waals surface area contributed by atoms with Gasteiger partial charge in [-0.15, -0.1) is 0 Å². The van der Waals surface area contributed by atoms with E-state index in [-0.39, 0.29) is 0 Å². The molecule has 16 heavy (non-hydrogen) atoms. The summed E-state index contributed by atoms with van der Waals surface area (Å²) in [6, 6.07) is 2.06. The summed E-state index contributed by atoms with van der Waals surface area (Å²) in [5.41, 5.74) is 1.15. The van der Waals surface area contributed by atoms with Crippen LogP contribution in [-0.2, 0) is 0 Å². The van der Waals surface area contributed by atoms with Crippen molar-refractivity contribution >= 4 is 21.7 Å². The molecule has 0 fully saturated rings. The van der Waals surface area contributed by atoms with Gasteiger partial charge >= 0.3 is 0 Å². The van der Waals surface area contributed by atoms with Gasteiger partial charge in [-0.1, -0.05) is 25.8 Å². The number of aromatic nitrogens is 1. The molecule has 0 unspecified atom stereocenters. The summed E-state index contributed by atoms with van der Waals surface area (Å²) in [4.78, 5) is 4.30. The van der Waals surface area contributed by atoms with Gasteiger partial charge in [-0.3, -0.25) is 0 Å². The molecule has 0 radical (unpaired) electrons. The largest absolute Gasteiger partial charge is 0.347 e. The third kappa shape index (κ3) is 4.79. The number of nitrogens with one attached hydrogen (secondary N) is 1. The van der Waals surface area contributed by atoms with Crippen LogP contribution in [0.3, 0.4) is 0 Å². The van der Waals surface area contributed by atoms with Crippen molar-refractivity contribution in [2.45, 2.75) is 39.5 Å². The molecule has 3 heteroatoms. The highest BCUT2D eigenvalue weighted by molar-refractivity contribution is 9.10. The number of hydrogen-bond donors (Lipinski definition) is 1. The minimum absolute atomic E-state index is 0.926. The van der Waals surface area contributed by atoms with Gasteiger partial charge in [0.15, 0.2) is 0 Å². The van der Waals surface area contributed by atoms with Gasteiger partial charge in [-0.2, -0.15) is 0 Å². The summed E-state index contributed by atoms with van der Waals surface area (Å²) in [6.07, 6.45) is 10.9. The lowest BCUT2D eigenvalue weighted by Crippen LogP contribution is -1.94. The summed E-state index contributed by atoms with van der Waals surface area (Å²) in [5.74, 6) is 0.926. The second-order valence-electron chi connectivity index (χ2n) is 3.86. The maximum Gasteiger partial charge on any atom is 0.132 e. The fraction of sp³-hybridized carbons (Fsp3) is 0.462. The van der Waals surface area contributed by atoms with Crippen LogP contribution in [0.2, 0.25) is 0 Å². The highest BCUT2D eigenvalue weighted by Gasteiger charge is 1.97. The van der Waals surface area contributed by atoms with E-state index in [9.17, 15) is 0 Å². The molecule has 0 aliphatic heterocycles. The van der Waals surface area contributed by atoms with Crippen molar-refractivity contribution in [1.29, 1.82) is 0 Å². The van der Waals surface area contributed by atoms with Crippen molar-refractivity contribution < 1.29 is 0 Å². The Balaban J connectivity index is 2.36. The normalized spacial score (nSPS) is 10.9. The average Bonchev–Trinajstić information content (AvgIpc) is 2.26. The standard InChI is InChI=1S/C13H19BrN2/c1-3-4-5-6-7-8-15-13-11(2)9-12(14)10-16-13/h7-10H,3-6H2,1-2H3,(H,15,16)/b8-7+. The first-order chi connectivity index (χ1) is 7.74. The number of hydrogen-bond acceptors (Lipinski definition) is 2. The van der Waals surface area contributed by atoms with Gasteiger partial charge < -0.3 is 5.32 Å². The van der Waals surface area contributed by atoms with Crippen molar-refractivity contribution in [3.8, 4) is 0 Å². The first-order valence-electron chi connectivity index (χ1n) is 5.77. The molecule has 0 amide bonds. The molecule has 0 saturated carbocycles. The zero-order chi connectivity index (χ0) is 11.8. The van der Waals surface area contributed by atoms with Gasteiger partial charge in [-0.05, 0) is 53.5 Å². The molecular weight excluding hydrogens is 264 g/mol. The molecular formula is C13H19BrN2. The van der Waals surface area contributed by atoms with Crippen LogP contribution in [0.15, 0.2) is 29.0 Å². The predicted molar refractivity (Wildman–Crippen MR) is 73.6 cm³/mol. The Bertz CT molecular complexity index is 348. The molecule has 0 bridgehead atoms. The van der Waals surface area contributed by atoms with E-state index in [1.54, 1.807) is 6.20 Å². The predicted octanol–water partition coefficient (Wildman–Crippen LogP) is 4.66. The van der Waals surface area contributed by atoms with Crippen molar-refractivity contribution in [1.82, 2.24) is 4.98 Å². The van der Waals surface area contributed by atoms with E-state index in [0.29, 0.717) is 0 Å². The number of allylic oxidation sites excluding steroid dienone is 1. The Morgan fingerprint density at radius 1 is 1.44 bits per heavy atom. The van der Waals surface area contributed by atoms with Crippen LogP contribution >= 0.6 is 15.9 Å². The fourth-order valence-electron chi connectivity index (χ4n) is 1.42. The van der Waals surface area contributed by atoms with Crippen molar-refractivity contribution in [2.75, 3.05) is 5.32 Å². The van der Waals surface area contributed by atoms with Crippen LogP contribution in [0.4, 0.5) is 5.82 Å². The molecule has 1 aromatic heterocycles. The van der Waals surface area contributed by atoms with E-state index in [2.05, 4.69) is 45.3 Å². The molecule has 0 aliphatic carbocycles. The molecule has 0 spiro atoms. The SMILES string of the molecule is CCCCC/C=C/Nc1ncc(Br)cc1C. The number of nitrogens with zero attached hydrogens (tertiary/aromatic N) is 1. The number of aryl methyl sites for hydroxylation is 1. The molecule has 1 rings (SSSR count). The van der Waals surface area contributed by atoms with E-state index in [1.807, 2.05) is 13.1 Å². The third-order valence-corrected chi connectivity index (χ3v) is 2.79. The second kappa shape index (κ2) is 7.44.